The lowest BCUT2D eigenvalue weighted by molar-refractivity contribution is 0.169. The summed E-state index contributed by atoms with van der Waals surface area (Å²) >= 11 is 0. The van der Waals surface area contributed by atoms with Crippen LogP contribution in [-0.2, 0) is 10.2 Å². The molecule has 0 aliphatic carbocycles. The smallest absolute Gasteiger partial charge is 0.279 e. The minimum Gasteiger partial charge on any atom is -0.396 e. The van der Waals surface area contributed by atoms with Crippen LogP contribution in [-0.4, -0.2) is 68.6 Å². The number of aliphatic hydroxyl groups is 1. The van der Waals surface area contributed by atoms with Crippen molar-refractivity contribution in [1.82, 2.24) is 13.9 Å². The van der Waals surface area contributed by atoms with E-state index in [0.717, 1.165) is 32.5 Å². The maximum Gasteiger partial charge on any atom is 0.279 e. The molecule has 0 bridgehead atoms. The summed E-state index contributed by atoms with van der Waals surface area (Å²) < 4.78 is 28.8. The van der Waals surface area contributed by atoms with E-state index < -0.39 is 10.2 Å². The second-order valence-electron chi connectivity index (χ2n) is 6.49. The topological polar surface area (TPSA) is 72.9 Å². The van der Waals surface area contributed by atoms with Crippen molar-refractivity contribution in [2.24, 2.45) is 11.8 Å². The molecule has 2 saturated heterocycles. The summed E-state index contributed by atoms with van der Waals surface area (Å²) in [4.78, 5) is 2.41. The van der Waals surface area contributed by atoms with E-state index in [2.05, 4.69) is 16.5 Å². The van der Waals surface area contributed by atoms with Crippen molar-refractivity contribution < 1.29 is 13.5 Å². The van der Waals surface area contributed by atoms with Gasteiger partial charge in [0.25, 0.3) is 10.2 Å². The first-order chi connectivity index (χ1) is 10.0. The third-order valence-electron chi connectivity index (χ3n) is 4.55. The number of piperidine rings is 1. The highest BCUT2D eigenvalue weighted by atomic mass is 32.2. The number of hydrogen-bond donors (Lipinski definition) is 2. The molecule has 0 aromatic rings. The summed E-state index contributed by atoms with van der Waals surface area (Å²) in [6.07, 6.45) is 4.03. The fourth-order valence-corrected chi connectivity index (χ4v) is 4.51. The highest BCUT2D eigenvalue weighted by Crippen LogP contribution is 2.18. The van der Waals surface area contributed by atoms with Crippen LogP contribution in [0.15, 0.2) is 0 Å². The minimum atomic E-state index is -3.36. The summed E-state index contributed by atoms with van der Waals surface area (Å²) in [7, 11) is -3.36. The van der Waals surface area contributed by atoms with Gasteiger partial charge in [0.1, 0.15) is 0 Å². The Bertz CT molecular complexity index is 402. The molecule has 0 saturated carbocycles. The second-order valence-corrected chi connectivity index (χ2v) is 8.25. The number of likely N-dealkylation sites (tertiary alicyclic amines) is 1. The fraction of sp³-hybridized carbons (Fsp3) is 1.00. The molecule has 2 aliphatic rings. The van der Waals surface area contributed by atoms with Crippen LogP contribution in [0.25, 0.3) is 0 Å². The van der Waals surface area contributed by atoms with Gasteiger partial charge in [-0.25, -0.2) is 4.72 Å². The average Bonchev–Trinajstić information content (AvgIpc) is 2.98. The monoisotopic (exact) mass is 319 g/mol. The van der Waals surface area contributed by atoms with Crippen molar-refractivity contribution in [2.45, 2.75) is 32.6 Å². The van der Waals surface area contributed by atoms with Crippen LogP contribution in [0.4, 0.5) is 0 Å². The SMILES string of the molecule is CC(CNS(=O)(=O)N1CCC(CO)CC1)CN1CCCC1. The maximum atomic E-state index is 12.3. The quantitative estimate of drug-likeness (QED) is 0.706. The van der Waals surface area contributed by atoms with Gasteiger partial charge in [-0.1, -0.05) is 6.92 Å². The molecule has 1 atom stereocenters. The van der Waals surface area contributed by atoms with Crippen molar-refractivity contribution in [1.29, 1.82) is 0 Å². The molecule has 2 rings (SSSR count). The normalized spacial score (nSPS) is 24.5. The van der Waals surface area contributed by atoms with E-state index >= 15 is 0 Å². The van der Waals surface area contributed by atoms with Gasteiger partial charge in [0.15, 0.2) is 0 Å². The summed E-state index contributed by atoms with van der Waals surface area (Å²) in [6.45, 7) is 7.04. The standard InChI is InChI=1S/C14H29N3O3S/c1-13(11-16-6-2-3-7-16)10-15-21(19,20)17-8-4-14(12-18)5-9-17/h13-15,18H,2-12H2,1H3. The Labute approximate surface area is 128 Å². The zero-order chi connectivity index (χ0) is 15.3. The van der Waals surface area contributed by atoms with Gasteiger partial charge in [0.2, 0.25) is 0 Å². The molecule has 1 unspecified atom stereocenters. The minimum absolute atomic E-state index is 0.161. The Kier molecular flexibility index (Phi) is 6.43. The van der Waals surface area contributed by atoms with E-state index in [4.69, 9.17) is 5.11 Å². The predicted molar refractivity (Wildman–Crippen MR) is 83.1 cm³/mol. The number of nitrogens with one attached hydrogen (secondary N) is 1. The van der Waals surface area contributed by atoms with Crippen molar-refractivity contribution in [2.75, 3.05) is 45.9 Å². The molecule has 0 radical (unpaired) electrons. The van der Waals surface area contributed by atoms with Gasteiger partial charge in [-0.3, -0.25) is 0 Å². The van der Waals surface area contributed by atoms with E-state index in [9.17, 15) is 8.42 Å². The van der Waals surface area contributed by atoms with Crippen LogP contribution >= 0.6 is 0 Å². The number of rotatable bonds is 7. The molecule has 6 nitrogen and oxygen atoms in total. The zero-order valence-electron chi connectivity index (χ0n) is 13.0. The molecule has 2 aliphatic heterocycles. The molecule has 0 aromatic heterocycles. The highest BCUT2D eigenvalue weighted by Gasteiger charge is 2.27. The van der Waals surface area contributed by atoms with E-state index in [1.807, 2.05) is 0 Å². The van der Waals surface area contributed by atoms with Crippen LogP contribution in [0.1, 0.15) is 32.6 Å². The van der Waals surface area contributed by atoms with Crippen LogP contribution in [0.2, 0.25) is 0 Å². The van der Waals surface area contributed by atoms with Crippen LogP contribution in [0, 0.1) is 11.8 Å². The molecule has 0 aromatic carbocycles. The van der Waals surface area contributed by atoms with Crippen molar-refractivity contribution in [3.63, 3.8) is 0 Å². The van der Waals surface area contributed by atoms with Gasteiger partial charge in [0.05, 0.1) is 0 Å². The van der Waals surface area contributed by atoms with Crippen molar-refractivity contribution in [3.05, 3.63) is 0 Å². The van der Waals surface area contributed by atoms with Crippen LogP contribution < -0.4 is 4.72 Å². The van der Waals surface area contributed by atoms with Gasteiger partial charge in [-0.05, 0) is 50.6 Å². The van der Waals surface area contributed by atoms with Crippen molar-refractivity contribution >= 4 is 10.2 Å². The molecule has 2 heterocycles. The molecule has 124 valence electrons. The van der Waals surface area contributed by atoms with E-state index in [1.165, 1.54) is 17.1 Å². The molecule has 2 fully saturated rings. The third-order valence-corrected chi connectivity index (χ3v) is 6.13. The maximum absolute atomic E-state index is 12.3. The predicted octanol–water partition coefficient (Wildman–Crippen LogP) is 0.257. The lowest BCUT2D eigenvalue weighted by atomic mass is 10.00. The molecule has 2 N–H and O–H groups in total. The number of aliphatic hydroxyl groups excluding tert-OH is 1. The molecule has 0 spiro atoms. The molecular formula is C14H29N3O3S. The molecule has 7 heteroatoms. The Morgan fingerprint density at radius 2 is 1.81 bits per heavy atom. The van der Waals surface area contributed by atoms with E-state index in [1.54, 1.807) is 0 Å². The fourth-order valence-electron chi connectivity index (χ4n) is 3.14. The van der Waals surface area contributed by atoms with Gasteiger partial charge >= 0.3 is 0 Å². The molecule has 0 amide bonds. The summed E-state index contributed by atoms with van der Waals surface area (Å²) in [5, 5.41) is 9.10. The Hall–Kier alpha value is -0.210. The van der Waals surface area contributed by atoms with Gasteiger partial charge in [-0.15, -0.1) is 0 Å². The summed E-state index contributed by atoms with van der Waals surface area (Å²) in [6, 6.07) is 0. The van der Waals surface area contributed by atoms with E-state index in [0.29, 0.717) is 25.6 Å². The molecule has 21 heavy (non-hydrogen) atoms. The second kappa shape index (κ2) is 7.87. The van der Waals surface area contributed by atoms with Gasteiger partial charge < -0.3 is 10.0 Å². The number of hydrogen-bond acceptors (Lipinski definition) is 4. The Morgan fingerprint density at radius 3 is 2.38 bits per heavy atom. The summed E-state index contributed by atoms with van der Waals surface area (Å²) in [5.74, 6) is 0.582. The zero-order valence-corrected chi connectivity index (χ0v) is 13.8. The van der Waals surface area contributed by atoms with Gasteiger partial charge in [0, 0.05) is 32.8 Å². The number of nitrogens with zero attached hydrogens (tertiary/aromatic N) is 2. The van der Waals surface area contributed by atoms with Crippen molar-refractivity contribution in [3.8, 4) is 0 Å². The third kappa shape index (κ3) is 5.17. The lowest BCUT2D eigenvalue weighted by Crippen LogP contribution is -2.47. The van der Waals surface area contributed by atoms with E-state index in [-0.39, 0.29) is 12.5 Å². The average molecular weight is 319 g/mol. The Morgan fingerprint density at radius 1 is 1.19 bits per heavy atom. The Balaban J connectivity index is 1.73. The molecular weight excluding hydrogens is 290 g/mol. The first-order valence-electron chi connectivity index (χ1n) is 8.09. The largest absolute Gasteiger partial charge is 0.396 e. The van der Waals surface area contributed by atoms with Gasteiger partial charge in [-0.2, -0.15) is 12.7 Å². The summed E-state index contributed by atoms with van der Waals surface area (Å²) in [5.41, 5.74) is 0. The van der Waals surface area contributed by atoms with Crippen LogP contribution in [0.5, 0.6) is 0 Å². The highest BCUT2D eigenvalue weighted by molar-refractivity contribution is 7.87. The van der Waals surface area contributed by atoms with Crippen LogP contribution in [0.3, 0.4) is 0 Å². The lowest BCUT2D eigenvalue weighted by Gasteiger charge is -2.30. The first kappa shape index (κ1) is 17.1. The first-order valence-corrected chi connectivity index (χ1v) is 9.53.